The second-order valence-electron chi connectivity index (χ2n) is 6.52. The standard InChI is InChI=1S/C18H28N2O3/c1-20(2)11-12-23-17-6-4-3-5-16(17)18(22)19-15-9-7-14(13-21)8-10-15/h3-6,14-15,21H,7-13H2,1-2H3,(H,19,22). The van der Waals surface area contributed by atoms with E-state index in [0.717, 1.165) is 32.2 Å². The Morgan fingerprint density at radius 2 is 1.96 bits per heavy atom. The van der Waals surface area contributed by atoms with E-state index >= 15 is 0 Å². The number of likely N-dealkylation sites (N-methyl/N-ethyl adjacent to an activating group) is 1. The van der Waals surface area contributed by atoms with Gasteiger partial charge in [0, 0.05) is 19.2 Å². The van der Waals surface area contributed by atoms with Gasteiger partial charge in [0.15, 0.2) is 0 Å². The molecule has 0 aliphatic heterocycles. The van der Waals surface area contributed by atoms with E-state index in [0.29, 0.717) is 23.8 Å². The van der Waals surface area contributed by atoms with Gasteiger partial charge in [-0.15, -0.1) is 0 Å². The van der Waals surface area contributed by atoms with Crippen LogP contribution in [0.5, 0.6) is 5.75 Å². The molecule has 1 aromatic rings. The zero-order valence-electron chi connectivity index (χ0n) is 14.1. The molecule has 0 saturated heterocycles. The lowest BCUT2D eigenvalue weighted by atomic mass is 9.86. The van der Waals surface area contributed by atoms with Crippen LogP contribution < -0.4 is 10.1 Å². The van der Waals surface area contributed by atoms with Crippen molar-refractivity contribution < 1.29 is 14.6 Å². The van der Waals surface area contributed by atoms with E-state index in [1.54, 1.807) is 6.07 Å². The number of amides is 1. The van der Waals surface area contributed by atoms with Gasteiger partial charge in [-0.3, -0.25) is 4.79 Å². The van der Waals surface area contributed by atoms with Gasteiger partial charge >= 0.3 is 0 Å². The first-order chi connectivity index (χ1) is 11.1. The van der Waals surface area contributed by atoms with Gasteiger partial charge in [0.05, 0.1) is 5.56 Å². The van der Waals surface area contributed by atoms with Crippen LogP contribution in [0.1, 0.15) is 36.0 Å². The van der Waals surface area contributed by atoms with Crippen molar-refractivity contribution in [2.24, 2.45) is 5.92 Å². The lowest BCUT2D eigenvalue weighted by molar-refractivity contribution is 0.0909. The van der Waals surface area contributed by atoms with Gasteiger partial charge < -0.3 is 20.1 Å². The molecule has 5 heteroatoms. The molecule has 128 valence electrons. The van der Waals surface area contributed by atoms with Crippen molar-refractivity contribution in [2.75, 3.05) is 33.9 Å². The highest BCUT2D eigenvalue weighted by molar-refractivity contribution is 5.97. The first-order valence-electron chi connectivity index (χ1n) is 8.38. The fourth-order valence-electron chi connectivity index (χ4n) is 2.87. The lowest BCUT2D eigenvalue weighted by Crippen LogP contribution is -2.38. The second kappa shape index (κ2) is 8.89. The van der Waals surface area contributed by atoms with Crippen LogP contribution in [-0.2, 0) is 0 Å². The van der Waals surface area contributed by atoms with Crippen LogP contribution >= 0.6 is 0 Å². The molecule has 1 aliphatic rings. The van der Waals surface area contributed by atoms with Crippen molar-refractivity contribution in [1.29, 1.82) is 0 Å². The molecule has 1 aliphatic carbocycles. The van der Waals surface area contributed by atoms with Crippen LogP contribution in [0.3, 0.4) is 0 Å². The monoisotopic (exact) mass is 320 g/mol. The summed E-state index contributed by atoms with van der Waals surface area (Å²) < 4.78 is 5.76. The maximum Gasteiger partial charge on any atom is 0.255 e. The van der Waals surface area contributed by atoms with Gasteiger partial charge in [-0.25, -0.2) is 0 Å². The smallest absolute Gasteiger partial charge is 0.255 e. The van der Waals surface area contributed by atoms with Crippen molar-refractivity contribution in [1.82, 2.24) is 10.2 Å². The van der Waals surface area contributed by atoms with Crippen LogP contribution in [0.2, 0.25) is 0 Å². The summed E-state index contributed by atoms with van der Waals surface area (Å²) in [6.45, 7) is 1.61. The number of rotatable bonds is 7. The summed E-state index contributed by atoms with van der Waals surface area (Å²) in [6.07, 6.45) is 3.81. The Morgan fingerprint density at radius 1 is 1.26 bits per heavy atom. The molecule has 2 N–H and O–H groups in total. The lowest BCUT2D eigenvalue weighted by Gasteiger charge is -2.28. The Balaban J connectivity index is 1.91. The summed E-state index contributed by atoms with van der Waals surface area (Å²) in [6, 6.07) is 7.58. The van der Waals surface area contributed by atoms with Crippen molar-refractivity contribution in [2.45, 2.75) is 31.7 Å². The number of hydrogen-bond donors (Lipinski definition) is 2. The molecular formula is C18H28N2O3. The van der Waals surface area contributed by atoms with Gasteiger partial charge in [-0.1, -0.05) is 12.1 Å². The van der Waals surface area contributed by atoms with E-state index in [1.165, 1.54) is 0 Å². The van der Waals surface area contributed by atoms with E-state index in [2.05, 4.69) is 5.32 Å². The fourth-order valence-corrected chi connectivity index (χ4v) is 2.87. The zero-order chi connectivity index (χ0) is 16.7. The van der Waals surface area contributed by atoms with Crippen LogP contribution in [0.25, 0.3) is 0 Å². The quantitative estimate of drug-likeness (QED) is 0.805. The number of carbonyl (C=O) groups excluding carboxylic acids is 1. The van der Waals surface area contributed by atoms with Crippen LogP contribution in [-0.4, -0.2) is 55.8 Å². The van der Waals surface area contributed by atoms with Crippen molar-refractivity contribution in [3.8, 4) is 5.75 Å². The topological polar surface area (TPSA) is 61.8 Å². The minimum atomic E-state index is -0.0714. The van der Waals surface area contributed by atoms with Crippen molar-refractivity contribution in [3.05, 3.63) is 29.8 Å². The normalized spacial score (nSPS) is 21.2. The summed E-state index contributed by atoms with van der Waals surface area (Å²) in [4.78, 5) is 14.6. The average Bonchev–Trinajstić information content (AvgIpc) is 2.55. The zero-order valence-corrected chi connectivity index (χ0v) is 14.1. The van der Waals surface area contributed by atoms with Crippen molar-refractivity contribution >= 4 is 5.91 Å². The van der Waals surface area contributed by atoms with E-state index < -0.39 is 0 Å². The molecule has 5 nitrogen and oxygen atoms in total. The molecule has 0 aromatic heterocycles. The molecule has 1 fully saturated rings. The van der Waals surface area contributed by atoms with Crippen molar-refractivity contribution in [3.63, 3.8) is 0 Å². The summed E-state index contributed by atoms with van der Waals surface area (Å²) in [7, 11) is 3.98. The Labute approximate surface area is 138 Å². The number of benzene rings is 1. The van der Waals surface area contributed by atoms with Gasteiger partial charge in [0.25, 0.3) is 5.91 Å². The molecule has 0 atom stereocenters. The average molecular weight is 320 g/mol. The molecule has 0 unspecified atom stereocenters. The first-order valence-corrected chi connectivity index (χ1v) is 8.38. The van der Waals surface area contributed by atoms with Crippen LogP contribution in [0.4, 0.5) is 0 Å². The summed E-state index contributed by atoms with van der Waals surface area (Å²) >= 11 is 0. The van der Waals surface area contributed by atoms with E-state index in [9.17, 15) is 9.90 Å². The SMILES string of the molecule is CN(C)CCOc1ccccc1C(=O)NC1CCC(CO)CC1. The number of ether oxygens (including phenoxy) is 1. The minimum absolute atomic E-state index is 0.0714. The maximum atomic E-state index is 12.5. The molecule has 2 rings (SSSR count). The molecule has 1 aromatic carbocycles. The third kappa shape index (κ3) is 5.52. The van der Waals surface area contributed by atoms with Gasteiger partial charge in [-0.05, 0) is 57.8 Å². The summed E-state index contributed by atoms with van der Waals surface area (Å²) in [5.74, 6) is 0.957. The molecule has 0 radical (unpaired) electrons. The molecule has 0 spiro atoms. The molecule has 23 heavy (non-hydrogen) atoms. The van der Waals surface area contributed by atoms with E-state index in [1.807, 2.05) is 37.2 Å². The van der Waals surface area contributed by atoms with Crippen LogP contribution in [0.15, 0.2) is 24.3 Å². The number of aliphatic hydroxyl groups is 1. The fraction of sp³-hybridized carbons (Fsp3) is 0.611. The minimum Gasteiger partial charge on any atom is -0.491 e. The van der Waals surface area contributed by atoms with E-state index in [4.69, 9.17) is 4.74 Å². The molecule has 0 bridgehead atoms. The highest BCUT2D eigenvalue weighted by Crippen LogP contribution is 2.25. The maximum absolute atomic E-state index is 12.5. The predicted molar refractivity (Wildman–Crippen MR) is 90.8 cm³/mol. The number of hydrogen-bond acceptors (Lipinski definition) is 4. The predicted octanol–water partition coefficient (Wildman–Crippen LogP) is 1.91. The number of para-hydroxylation sites is 1. The number of nitrogens with one attached hydrogen (secondary N) is 1. The third-order valence-electron chi connectivity index (χ3n) is 4.37. The van der Waals surface area contributed by atoms with Gasteiger partial charge in [0.1, 0.15) is 12.4 Å². The molecule has 1 saturated carbocycles. The Kier molecular flexibility index (Phi) is 6.86. The molecule has 1 amide bonds. The first kappa shape index (κ1) is 17.8. The Bertz CT molecular complexity index is 497. The molecule has 0 heterocycles. The summed E-state index contributed by atoms with van der Waals surface area (Å²) in [5, 5.41) is 12.3. The Morgan fingerprint density at radius 3 is 2.61 bits per heavy atom. The van der Waals surface area contributed by atoms with Gasteiger partial charge in [0.2, 0.25) is 0 Å². The van der Waals surface area contributed by atoms with E-state index in [-0.39, 0.29) is 18.6 Å². The van der Waals surface area contributed by atoms with Crippen LogP contribution in [0, 0.1) is 5.92 Å². The third-order valence-corrected chi connectivity index (χ3v) is 4.37. The highest BCUT2D eigenvalue weighted by Gasteiger charge is 2.23. The second-order valence-corrected chi connectivity index (χ2v) is 6.52. The number of carbonyl (C=O) groups is 1. The number of nitrogens with zero attached hydrogens (tertiary/aromatic N) is 1. The van der Waals surface area contributed by atoms with Gasteiger partial charge in [-0.2, -0.15) is 0 Å². The largest absolute Gasteiger partial charge is 0.491 e. The summed E-state index contributed by atoms with van der Waals surface area (Å²) in [5.41, 5.74) is 0.593. The number of aliphatic hydroxyl groups excluding tert-OH is 1. The Hall–Kier alpha value is -1.59. The highest BCUT2D eigenvalue weighted by atomic mass is 16.5. The molecular weight excluding hydrogens is 292 g/mol.